The van der Waals surface area contributed by atoms with E-state index in [9.17, 15) is 9.90 Å². The lowest BCUT2D eigenvalue weighted by atomic mass is 10.0. The minimum absolute atomic E-state index is 0.159. The van der Waals surface area contributed by atoms with Crippen molar-refractivity contribution in [2.75, 3.05) is 11.5 Å². The fourth-order valence-corrected chi connectivity index (χ4v) is 3.88. The van der Waals surface area contributed by atoms with Gasteiger partial charge in [-0.15, -0.1) is 5.10 Å². The molecule has 0 aliphatic carbocycles. The van der Waals surface area contributed by atoms with Crippen LogP contribution in [0, 0.1) is 11.3 Å². The van der Waals surface area contributed by atoms with Crippen LogP contribution in [0.1, 0.15) is 11.3 Å². The van der Waals surface area contributed by atoms with Gasteiger partial charge in [0.15, 0.2) is 5.82 Å². The van der Waals surface area contributed by atoms with Crippen molar-refractivity contribution in [3.63, 3.8) is 0 Å². The van der Waals surface area contributed by atoms with Crippen LogP contribution >= 0.6 is 0 Å². The maximum absolute atomic E-state index is 12.1. The first-order valence-corrected chi connectivity index (χ1v) is 9.16. The molecule has 1 fully saturated rings. The summed E-state index contributed by atoms with van der Waals surface area (Å²) < 4.78 is 6.75. The van der Waals surface area contributed by atoms with E-state index >= 15 is 0 Å². The first kappa shape index (κ1) is 17.3. The topological polar surface area (TPSA) is 117 Å². The van der Waals surface area contributed by atoms with Crippen LogP contribution in [0.15, 0.2) is 42.7 Å². The summed E-state index contributed by atoms with van der Waals surface area (Å²) in [7, 11) is 0. The summed E-state index contributed by atoms with van der Waals surface area (Å²) in [4.78, 5) is 18.2. The number of hydrogen-bond donors (Lipinski definition) is 1. The zero-order chi connectivity index (χ0) is 20.0. The zero-order valence-corrected chi connectivity index (χ0v) is 15.3. The van der Waals surface area contributed by atoms with Gasteiger partial charge in [-0.05, 0) is 41.8 Å². The van der Waals surface area contributed by atoms with Crippen LogP contribution < -0.4 is 4.90 Å². The van der Waals surface area contributed by atoms with Gasteiger partial charge in [0.25, 0.3) is 0 Å². The molecular weight excluding hydrogens is 372 g/mol. The van der Waals surface area contributed by atoms with Crippen LogP contribution in [-0.4, -0.2) is 49.9 Å². The van der Waals surface area contributed by atoms with Gasteiger partial charge >= 0.3 is 6.09 Å². The highest BCUT2D eigenvalue weighted by molar-refractivity contribution is 5.94. The molecule has 144 valence electrons. The van der Waals surface area contributed by atoms with Crippen molar-refractivity contribution < 1.29 is 14.6 Å². The van der Waals surface area contributed by atoms with Gasteiger partial charge in [-0.1, -0.05) is 11.3 Å². The van der Waals surface area contributed by atoms with E-state index in [-0.39, 0.29) is 19.1 Å². The van der Waals surface area contributed by atoms with Crippen LogP contribution in [-0.2, 0) is 17.6 Å². The molecule has 2 aliphatic rings. The number of aliphatic hydroxyl groups is 1. The Balaban J connectivity index is 1.41. The minimum Gasteiger partial charge on any atom is -0.441 e. The fourth-order valence-electron chi connectivity index (χ4n) is 3.88. The number of nitrogens with zero attached hydrogens (tertiary/aromatic N) is 6. The second kappa shape index (κ2) is 6.68. The smallest absolute Gasteiger partial charge is 0.415 e. The molecule has 1 aromatic carbocycles. The molecule has 0 spiro atoms. The number of carbonyl (C=O) groups excluding carboxylic acids is 1. The number of nitriles is 1. The minimum atomic E-state index is -0.493. The van der Waals surface area contributed by atoms with Gasteiger partial charge in [-0.3, -0.25) is 4.90 Å². The first-order valence-electron chi connectivity index (χ1n) is 9.16. The Labute approximate surface area is 165 Å². The lowest BCUT2D eigenvalue weighted by molar-refractivity contribution is 0.0830. The van der Waals surface area contributed by atoms with Gasteiger partial charge in [0.2, 0.25) is 0 Å². The largest absolute Gasteiger partial charge is 0.441 e. The molecule has 1 amide bonds. The number of fused-ring (bicyclic) bond motifs is 3. The Bertz CT molecular complexity index is 1130. The number of anilines is 1. The SMILES string of the molecule is N#CCc1cn(-c2ccc(-c3ccc4c(c3)C[C@H]3[C@H](CO)OC(=O)N43)cn2)nn1. The number of carbonyl (C=O) groups is 1. The lowest BCUT2D eigenvalue weighted by Crippen LogP contribution is -2.34. The van der Waals surface area contributed by atoms with Gasteiger partial charge in [0.05, 0.1) is 42.7 Å². The Kier molecular flexibility index (Phi) is 4.00. The molecule has 9 heteroatoms. The van der Waals surface area contributed by atoms with Crippen molar-refractivity contribution in [1.82, 2.24) is 20.0 Å². The van der Waals surface area contributed by atoms with Gasteiger partial charge in [0, 0.05) is 11.8 Å². The molecule has 0 radical (unpaired) electrons. The van der Waals surface area contributed by atoms with Crippen LogP contribution in [0.5, 0.6) is 0 Å². The zero-order valence-electron chi connectivity index (χ0n) is 15.3. The van der Waals surface area contributed by atoms with Crippen molar-refractivity contribution in [3.05, 3.63) is 54.0 Å². The second-order valence-corrected chi connectivity index (χ2v) is 6.98. The van der Waals surface area contributed by atoms with Gasteiger partial charge in [-0.2, -0.15) is 5.26 Å². The molecule has 1 N–H and O–H groups in total. The molecule has 3 aromatic rings. The van der Waals surface area contributed by atoms with Crippen molar-refractivity contribution in [2.24, 2.45) is 0 Å². The molecule has 0 bridgehead atoms. The molecule has 2 aromatic heterocycles. The van der Waals surface area contributed by atoms with Crippen LogP contribution in [0.3, 0.4) is 0 Å². The number of ether oxygens (including phenoxy) is 1. The standard InChI is InChI=1S/C20H16N6O3/c21-6-5-15-10-25(24-23-15)19-4-2-13(9-22-19)12-1-3-16-14(7-12)8-17-18(11-27)29-20(28)26(16)17/h1-4,7,9-10,17-18,27H,5,8,11H2/t17-,18-/m0/s1. The van der Waals surface area contributed by atoms with Gasteiger partial charge < -0.3 is 9.84 Å². The Hall–Kier alpha value is -3.77. The average molecular weight is 388 g/mol. The van der Waals surface area contributed by atoms with E-state index in [0.717, 1.165) is 22.4 Å². The predicted molar refractivity (Wildman–Crippen MR) is 101 cm³/mol. The number of amides is 1. The maximum Gasteiger partial charge on any atom is 0.415 e. The monoisotopic (exact) mass is 388 g/mol. The third-order valence-corrected chi connectivity index (χ3v) is 5.27. The third-order valence-electron chi connectivity index (χ3n) is 5.27. The number of pyridine rings is 1. The van der Waals surface area contributed by atoms with Crippen LogP contribution in [0.25, 0.3) is 16.9 Å². The molecule has 2 atom stereocenters. The summed E-state index contributed by atoms with van der Waals surface area (Å²) in [5.41, 5.74) is 4.39. The van der Waals surface area contributed by atoms with E-state index < -0.39 is 12.2 Å². The molecule has 5 rings (SSSR count). The van der Waals surface area contributed by atoms with Crippen molar-refractivity contribution in [2.45, 2.75) is 25.0 Å². The highest BCUT2D eigenvalue weighted by atomic mass is 16.6. The average Bonchev–Trinajstić information content (AvgIpc) is 3.43. The molecule has 4 heterocycles. The molecule has 0 saturated carbocycles. The summed E-state index contributed by atoms with van der Waals surface area (Å²) in [6.45, 7) is -0.183. The van der Waals surface area contributed by atoms with E-state index in [1.165, 1.54) is 4.68 Å². The predicted octanol–water partition coefficient (Wildman–Crippen LogP) is 1.64. The number of rotatable bonds is 4. The number of aromatic nitrogens is 4. The maximum atomic E-state index is 12.1. The number of aliphatic hydroxyl groups excluding tert-OH is 1. The Morgan fingerprint density at radius 1 is 1.28 bits per heavy atom. The summed E-state index contributed by atoms with van der Waals surface area (Å²) in [6.07, 6.45) is 3.39. The van der Waals surface area contributed by atoms with Crippen molar-refractivity contribution in [1.29, 1.82) is 5.26 Å². The molecule has 2 aliphatic heterocycles. The highest BCUT2D eigenvalue weighted by Crippen LogP contribution is 2.40. The summed E-state index contributed by atoms with van der Waals surface area (Å²) >= 11 is 0. The molecule has 1 saturated heterocycles. The third kappa shape index (κ3) is 2.81. The summed E-state index contributed by atoms with van der Waals surface area (Å²) in [5.74, 6) is 0.612. The van der Waals surface area contributed by atoms with E-state index in [4.69, 9.17) is 10.00 Å². The first-order chi connectivity index (χ1) is 14.2. The number of cyclic esters (lactones) is 1. The van der Waals surface area contributed by atoms with E-state index in [2.05, 4.69) is 15.3 Å². The Morgan fingerprint density at radius 3 is 2.90 bits per heavy atom. The summed E-state index contributed by atoms with van der Waals surface area (Å²) in [6, 6.07) is 11.6. The summed E-state index contributed by atoms with van der Waals surface area (Å²) in [5, 5.41) is 26.1. The quantitative estimate of drug-likeness (QED) is 0.722. The Morgan fingerprint density at radius 2 is 2.14 bits per heavy atom. The van der Waals surface area contributed by atoms with Crippen LogP contribution in [0.4, 0.5) is 10.5 Å². The lowest BCUT2D eigenvalue weighted by Gasteiger charge is -2.14. The van der Waals surface area contributed by atoms with Gasteiger partial charge in [0.1, 0.15) is 6.10 Å². The highest BCUT2D eigenvalue weighted by Gasteiger charge is 2.47. The van der Waals surface area contributed by atoms with E-state index in [1.807, 2.05) is 36.4 Å². The number of benzene rings is 1. The normalized spacial score (nSPS) is 19.6. The number of hydrogen-bond acceptors (Lipinski definition) is 7. The van der Waals surface area contributed by atoms with E-state index in [1.54, 1.807) is 17.3 Å². The van der Waals surface area contributed by atoms with E-state index in [0.29, 0.717) is 17.9 Å². The molecule has 0 unspecified atom stereocenters. The molecular formula is C20H16N6O3. The van der Waals surface area contributed by atoms with Crippen molar-refractivity contribution in [3.8, 4) is 23.0 Å². The second-order valence-electron chi connectivity index (χ2n) is 6.98. The van der Waals surface area contributed by atoms with Crippen molar-refractivity contribution >= 4 is 11.8 Å². The van der Waals surface area contributed by atoms with Crippen LogP contribution in [0.2, 0.25) is 0 Å². The molecule has 29 heavy (non-hydrogen) atoms. The molecule has 9 nitrogen and oxygen atoms in total. The van der Waals surface area contributed by atoms with Gasteiger partial charge in [-0.25, -0.2) is 14.5 Å². The fraction of sp³-hybridized carbons (Fsp3) is 0.250.